The summed E-state index contributed by atoms with van der Waals surface area (Å²) in [5.74, 6) is -1.53. The van der Waals surface area contributed by atoms with Crippen molar-refractivity contribution in [2.75, 3.05) is 19.6 Å². The average molecular weight is 323 g/mol. The number of rotatable bonds is 5. The van der Waals surface area contributed by atoms with Gasteiger partial charge in [-0.2, -0.15) is 5.26 Å². The van der Waals surface area contributed by atoms with Gasteiger partial charge < -0.3 is 9.84 Å². The van der Waals surface area contributed by atoms with Crippen LogP contribution in [0.5, 0.6) is 5.75 Å². The van der Waals surface area contributed by atoms with Gasteiger partial charge in [-0.05, 0) is 30.7 Å². The van der Waals surface area contributed by atoms with Crippen molar-refractivity contribution in [2.45, 2.75) is 0 Å². The molecule has 1 N–H and O–H groups in total. The molecule has 0 heterocycles. The Kier molecular flexibility index (Phi) is 6.34. The number of hydrogen-bond acceptors (Lipinski definition) is 7. The Morgan fingerprint density at radius 3 is 2.38 bits per heavy atom. The molecule has 0 aliphatic carbocycles. The molecule has 1 rings (SSSR count). The third-order valence-electron chi connectivity index (χ3n) is 2.58. The first-order chi connectivity index (χ1) is 9.99. The Morgan fingerprint density at radius 2 is 1.90 bits per heavy atom. The van der Waals surface area contributed by atoms with Crippen molar-refractivity contribution < 1.29 is 19.4 Å². The summed E-state index contributed by atoms with van der Waals surface area (Å²) in [5.41, 5.74) is 0.0392. The van der Waals surface area contributed by atoms with Crippen LogP contribution in [0.15, 0.2) is 28.0 Å². The molecule has 0 spiro atoms. The predicted octanol–water partition coefficient (Wildman–Crippen LogP) is 2.82. The summed E-state index contributed by atoms with van der Waals surface area (Å²) in [7, 11) is 1.18. The predicted molar refractivity (Wildman–Crippen MR) is 83.4 cm³/mol. The van der Waals surface area contributed by atoms with Crippen molar-refractivity contribution >= 4 is 35.3 Å². The van der Waals surface area contributed by atoms with Gasteiger partial charge in [0.15, 0.2) is 0 Å². The van der Waals surface area contributed by atoms with Gasteiger partial charge in [-0.15, -0.1) is 23.5 Å². The highest BCUT2D eigenvalue weighted by Crippen LogP contribution is 2.30. The molecule has 1 aromatic carbocycles. The molecule has 0 fully saturated rings. The van der Waals surface area contributed by atoms with Crippen LogP contribution in [0, 0.1) is 11.3 Å². The average Bonchev–Trinajstić information content (AvgIpc) is 2.51. The molecule has 0 saturated heterocycles. The number of nitrogens with zero attached hydrogens (tertiary/aromatic N) is 1. The lowest BCUT2D eigenvalue weighted by molar-refractivity contribution is 0.0597. The van der Waals surface area contributed by atoms with E-state index in [1.165, 1.54) is 48.8 Å². The van der Waals surface area contributed by atoms with Crippen molar-refractivity contribution in [2.24, 2.45) is 0 Å². The fraction of sp³-hybridized carbons (Fsp3) is 0.214. The lowest BCUT2D eigenvalue weighted by Gasteiger charge is -2.07. The molecule has 0 saturated carbocycles. The maximum atomic E-state index is 12.4. The minimum Gasteiger partial charge on any atom is -0.507 e. The number of aromatic hydroxyl groups is 1. The monoisotopic (exact) mass is 323 g/mol. The first kappa shape index (κ1) is 17.1. The van der Waals surface area contributed by atoms with Crippen LogP contribution in [-0.2, 0) is 4.74 Å². The largest absolute Gasteiger partial charge is 0.507 e. The molecule has 0 bridgehead atoms. The molecule has 0 aliphatic heterocycles. The second kappa shape index (κ2) is 7.76. The lowest BCUT2D eigenvalue weighted by Crippen LogP contribution is -2.07. The molecule has 110 valence electrons. The summed E-state index contributed by atoms with van der Waals surface area (Å²) in [6.07, 6.45) is 3.54. The Balaban J connectivity index is 3.35. The maximum Gasteiger partial charge on any atom is 0.341 e. The van der Waals surface area contributed by atoms with Crippen molar-refractivity contribution in [1.82, 2.24) is 0 Å². The molecule has 7 heteroatoms. The SMILES string of the molecule is COC(=O)c1cc(C(=O)C(C#N)=C(SC)SC)ccc1O. The minimum atomic E-state index is -0.750. The summed E-state index contributed by atoms with van der Waals surface area (Å²) in [4.78, 5) is 23.9. The maximum absolute atomic E-state index is 12.4. The number of ether oxygens (including phenoxy) is 1. The fourth-order valence-electron chi connectivity index (χ4n) is 1.57. The molecule has 0 unspecified atom stereocenters. The number of nitriles is 1. The third kappa shape index (κ3) is 3.80. The van der Waals surface area contributed by atoms with E-state index in [1.54, 1.807) is 12.5 Å². The molecular weight excluding hydrogens is 310 g/mol. The van der Waals surface area contributed by atoms with Crippen LogP contribution in [0.2, 0.25) is 0 Å². The number of hydrogen-bond donors (Lipinski definition) is 1. The molecule has 0 radical (unpaired) electrons. The number of phenols is 1. The number of Topliss-reactive ketones (excluding diaryl/α,β-unsaturated/α-hetero) is 1. The van der Waals surface area contributed by atoms with Gasteiger partial charge in [0.25, 0.3) is 0 Å². The van der Waals surface area contributed by atoms with E-state index in [4.69, 9.17) is 0 Å². The normalized spacial score (nSPS) is 9.62. The number of carbonyl (C=O) groups excluding carboxylic acids is 2. The van der Waals surface area contributed by atoms with Gasteiger partial charge in [-0.1, -0.05) is 0 Å². The Morgan fingerprint density at radius 1 is 1.29 bits per heavy atom. The van der Waals surface area contributed by atoms with E-state index in [1.807, 2.05) is 6.07 Å². The van der Waals surface area contributed by atoms with Crippen molar-refractivity contribution in [3.8, 4) is 11.8 Å². The number of phenolic OH excluding ortho intramolecular Hbond substituents is 1. The van der Waals surface area contributed by atoms with Crippen LogP contribution in [0.25, 0.3) is 0 Å². The number of allylic oxidation sites excluding steroid dienone is 1. The van der Waals surface area contributed by atoms with Gasteiger partial charge in [0, 0.05) is 5.56 Å². The van der Waals surface area contributed by atoms with Crippen LogP contribution in [0.1, 0.15) is 20.7 Å². The van der Waals surface area contributed by atoms with Gasteiger partial charge in [-0.25, -0.2) is 4.79 Å². The summed E-state index contributed by atoms with van der Waals surface area (Å²) in [6.45, 7) is 0. The molecule has 5 nitrogen and oxygen atoms in total. The summed E-state index contributed by atoms with van der Waals surface area (Å²) >= 11 is 2.60. The van der Waals surface area contributed by atoms with Crippen LogP contribution >= 0.6 is 23.5 Å². The summed E-state index contributed by atoms with van der Waals surface area (Å²) in [6, 6.07) is 5.70. The van der Waals surface area contributed by atoms with E-state index < -0.39 is 11.8 Å². The van der Waals surface area contributed by atoms with Crippen molar-refractivity contribution in [3.05, 3.63) is 39.1 Å². The number of thioether (sulfide) groups is 2. The minimum absolute atomic E-state index is 0.0107. The quantitative estimate of drug-likeness (QED) is 0.386. The first-order valence-electron chi connectivity index (χ1n) is 5.68. The van der Waals surface area contributed by atoms with Crippen LogP contribution in [0.3, 0.4) is 0 Å². The number of benzene rings is 1. The molecule has 0 aromatic heterocycles. The van der Waals surface area contributed by atoms with E-state index in [0.29, 0.717) is 4.24 Å². The zero-order valence-corrected chi connectivity index (χ0v) is 13.3. The van der Waals surface area contributed by atoms with E-state index >= 15 is 0 Å². The Bertz CT molecular complexity index is 641. The van der Waals surface area contributed by atoms with Crippen LogP contribution < -0.4 is 0 Å². The van der Waals surface area contributed by atoms with Crippen molar-refractivity contribution in [1.29, 1.82) is 5.26 Å². The van der Waals surface area contributed by atoms with E-state index in [9.17, 15) is 20.0 Å². The highest BCUT2D eigenvalue weighted by Gasteiger charge is 2.20. The standard InChI is InChI=1S/C14H13NO4S2/c1-19-13(18)9-6-8(4-5-11(9)16)12(17)10(7-15)14(20-2)21-3/h4-6,16H,1-3H3. The molecule has 0 amide bonds. The van der Waals surface area contributed by atoms with E-state index in [-0.39, 0.29) is 22.4 Å². The lowest BCUT2D eigenvalue weighted by atomic mass is 10.0. The summed E-state index contributed by atoms with van der Waals surface area (Å²) < 4.78 is 5.13. The molecule has 1 aromatic rings. The summed E-state index contributed by atoms with van der Waals surface area (Å²) in [5, 5.41) is 18.8. The number of esters is 1. The second-order valence-corrected chi connectivity index (χ2v) is 5.63. The number of ketones is 1. The van der Waals surface area contributed by atoms with Gasteiger partial charge >= 0.3 is 5.97 Å². The molecule has 0 aliphatic rings. The second-order valence-electron chi connectivity index (χ2n) is 3.74. The first-order valence-corrected chi connectivity index (χ1v) is 8.13. The van der Waals surface area contributed by atoms with E-state index in [2.05, 4.69) is 4.74 Å². The van der Waals surface area contributed by atoms with E-state index in [0.717, 1.165) is 0 Å². The molecule has 21 heavy (non-hydrogen) atoms. The fourth-order valence-corrected chi connectivity index (χ4v) is 2.92. The zero-order chi connectivity index (χ0) is 16.0. The van der Waals surface area contributed by atoms with Crippen LogP contribution in [-0.4, -0.2) is 36.5 Å². The van der Waals surface area contributed by atoms with Gasteiger partial charge in [0.1, 0.15) is 23.0 Å². The Hall–Kier alpha value is -1.91. The van der Waals surface area contributed by atoms with Gasteiger partial charge in [0.2, 0.25) is 5.78 Å². The zero-order valence-electron chi connectivity index (χ0n) is 11.7. The highest BCUT2D eigenvalue weighted by molar-refractivity contribution is 8.21. The number of carbonyl (C=O) groups is 2. The third-order valence-corrected chi connectivity index (χ3v) is 4.73. The molecule has 0 atom stereocenters. The topological polar surface area (TPSA) is 87.4 Å². The molecular formula is C14H13NO4S2. The van der Waals surface area contributed by atoms with Crippen LogP contribution in [0.4, 0.5) is 0 Å². The van der Waals surface area contributed by atoms with Gasteiger partial charge in [-0.3, -0.25) is 4.79 Å². The smallest absolute Gasteiger partial charge is 0.341 e. The van der Waals surface area contributed by atoms with Crippen molar-refractivity contribution in [3.63, 3.8) is 0 Å². The Labute approximate surface area is 131 Å². The number of methoxy groups -OCH3 is 1. The van der Waals surface area contributed by atoms with Gasteiger partial charge in [0.05, 0.1) is 11.3 Å². The highest BCUT2D eigenvalue weighted by atomic mass is 32.2.